The predicted molar refractivity (Wildman–Crippen MR) is 104 cm³/mol. The highest BCUT2D eigenvalue weighted by atomic mass is 35.5. The highest BCUT2D eigenvalue weighted by molar-refractivity contribution is 7.20. The summed E-state index contributed by atoms with van der Waals surface area (Å²) in [6, 6.07) is 9.74. The fourth-order valence-electron chi connectivity index (χ4n) is 3.25. The summed E-state index contributed by atoms with van der Waals surface area (Å²) in [5.41, 5.74) is 2.07. The van der Waals surface area contributed by atoms with Gasteiger partial charge in [0.2, 0.25) is 0 Å². The van der Waals surface area contributed by atoms with E-state index < -0.39 is 0 Å². The molecule has 2 aromatic heterocycles. The van der Waals surface area contributed by atoms with Gasteiger partial charge in [0, 0.05) is 23.5 Å². The number of fused-ring (bicyclic) bond motifs is 1. The average molecular weight is 390 g/mol. The van der Waals surface area contributed by atoms with Crippen molar-refractivity contribution in [3.8, 4) is 0 Å². The average Bonchev–Trinajstić information content (AvgIpc) is 3.18. The minimum absolute atomic E-state index is 0.0822. The fourth-order valence-corrected chi connectivity index (χ4v) is 4.50. The van der Waals surface area contributed by atoms with E-state index in [0.29, 0.717) is 26.2 Å². The van der Waals surface area contributed by atoms with Crippen molar-refractivity contribution in [3.05, 3.63) is 51.5 Å². The first kappa shape index (κ1) is 17.5. The summed E-state index contributed by atoms with van der Waals surface area (Å²) in [5.74, 6) is 0.0822. The molecule has 4 rings (SSSR count). The van der Waals surface area contributed by atoms with E-state index in [4.69, 9.17) is 16.3 Å². The van der Waals surface area contributed by atoms with E-state index >= 15 is 0 Å². The van der Waals surface area contributed by atoms with E-state index in [-0.39, 0.29) is 12.0 Å². The first-order chi connectivity index (χ1) is 12.5. The SMILES string of the molecule is Cc1nn(Cc2ccc(Cl)cc2)c2sc(C(=O)N3CCOC(C)C3)cc12. The lowest BCUT2D eigenvalue weighted by Crippen LogP contribution is -2.44. The van der Waals surface area contributed by atoms with Gasteiger partial charge in [0.25, 0.3) is 5.91 Å². The molecule has 0 spiro atoms. The van der Waals surface area contributed by atoms with E-state index in [1.807, 2.05) is 53.8 Å². The summed E-state index contributed by atoms with van der Waals surface area (Å²) in [4.78, 5) is 16.5. The van der Waals surface area contributed by atoms with Gasteiger partial charge in [-0.15, -0.1) is 11.3 Å². The zero-order valence-electron chi connectivity index (χ0n) is 14.7. The Balaban J connectivity index is 1.62. The third kappa shape index (κ3) is 3.37. The van der Waals surface area contributed by atoms with E-state index in [1.54, 1.807) is 0 Å². The van der Waals surface area contributed by atoms with Gasteiger partial charge in [-0.3, -0.25) is 9.48 Å². The van der Waals surface area contributed by atoms with Crippen molar-refractivity contribution < 1.29 is 9.53 Å². The van der Waals surface area contributed by atoms with Crippen molar-refractivity contribution in [1.29, 1.82) is 0 Å². The van der Waals surface area contributed by atoms with Crippen LogP contribution in [0, 0.1) is 6.92 Å². The molecule has 0 aliphatic carbocycles. The van der Waals surface area contributed by atoms with E-state index in [0.717, 1.165) is 31.4 Å². The Kier molecular flexibility index (Phi) is 4.73. The van der Waals surface area contributed by atoms with Crippen molar-refractivity contribution in [2.75, 3.05) is 19.7 Å². The normalized spacial score (nSPS) is 17.8. The van der Waals surface area contributed by atoms with Crippen LogP contribution in [0.25, 0.3) is 10.2 Å². The van der Waals surface area contributed by atoms with E-state index in [9.17, 15) is 4.79 Å². The second kappa shape index (κ2) is 7.02. The second-order valence-electron chi connectivity index (χ2n) is 6.63. The molecule has 7 heteroatoms. The van der Waals surface area contributed by atoms with Crippen LogP contribution in [-0.2, 0) is 11.3 Å². The number of hydrogen-bond donors (Lipinski definition) is 0. The van der Waals surface area contributed by atoms with Crippen LogP contribution < -0.4 is 0 Å². The molecule has 1 unspecified atom stereocenters. The van der Waals surface area contributed by atoms with E-state index in [1.165, 1.54) is 11.3 Å². The van der Waals surface area contributed by atoms with Gasteiger partial charge in [-0.2, -0.15) is 5.10 Å². The summed E-state index contributed by atoms with van der Waals surface area (Å²) in [6.45, 7) is 6.53. The Labute approximate surface area is 161 Å². The maximum Gasteiger partial charge on any atom is 0.264 e. The largest absolute Gasteiger partial charge is 0.375 e. The lowest BCUT2D eigenvalue weighted by atomic mass is 10.2. The molecule has 1 aliphatic rings. The van der Waals surface area contributed by atoms with Gasteiger partial charge in [-0.1, -0.05) is 23.7 Å². The molecular weight excluding hydrogens is 370 g/mol. The monoisotopic (exact) mass is 389 g/mol. The van der Waals surface area contributed by atoms with Gasteiger partial charge in [-0.25, -0.2) is 0 Å². The molecule has 136 valence electrons. The van der Waals surface area contributed by atoms with Crippen molar-refractivity contribution in [3.63, 3.8) is 0 Å². The van der Waals surface area contributed by atoms with Crippen LogP contribution in [0.4, 0.5) is 0 Å². The minimum Gasteiger partial charge on any atom is -0.375 e. The number of amides is 1. The number of carbonyl (C=O) groups excluding carboxylic acids is 1. The fraction of sp³-hybridized carbons (Fsp3) is 0.368. The number of aryl methyl sites for hydroxylation is 1. The molecule has 1 aromatic carbocycles. The summed E-state index contributed by atoms with van der Waals surface area (Å²) in [5, 5.41) is 6.41. The highest BCUT2D eigenvalue weighted by Crippen LogP contribution is 2.30. The van der Waals surface area contributed by atoms with Crippen LogP contribution in [-0.4, -0.2) is 46.4 Å². The Morgan fingerprint density at radius 1 is 1.38 bits per heavy atom. The van der Waals surface area contributed by atoms with Gasteiger partial charge in [0.15, 0.2) is 0 Å². The Hall–Kier alpha value is -1.89. The molecule has 0 saturated carbocycles. The molecule has 3 heterocycles. The van der Waals surface area contributed by atoms with Crippen LogP contribution >= 0.6 is 22.9 Å². The smallest absolute Gasteiger partial charge is 0.264 e. The number of nitrogens with zero attached hydrogens (tertiary/aromatic N) is 3. The third-order valence-electron chi connectivity index (χ3n) is 4.59. The molecule has 1 aliphatic heterocycles. The van der Waals surface area contributed by atoms with Gasteiger partial charge >= 0.3 is 0 Å². The Morgan fingerprint density at radius 3 is 2.88 bits per heavy atom. The van der Waals surface area contributed by atoms with Crippen molar-refractivity contribution in [2.45, 2.75) is 26.5 Å². The molecule has 0 N–H and O–H groups in total. The summed E-state index contributed by atoms with van der Waals surface area (Å²) < 4.78 is 7.51. The number of thiophene rings is 1. The summed E-state index contributed by atoms with van der Waals surface area (Å²) >= 11 is 7.48. The zero-order valence-corrected chi connectivity index (χ0v) is 16.3. The van der Waals surface area contributed by atoms with Crippen LogP contribution in [0.1, 0.15) is 27.9 Å². The molecule has 1 fully saturated rings. The first-order valence-electron chi connectivity index (χ1n) is 8.63. The number of rotatable bonds is 3. The van der Waals surface area contributed by atoms with Gasteiger partial charge in [0.05, 0.1) is 29.8 Å². The topological polar surface area (TPSA) is 47.4 Å². The molecule has 1 saturated heterocycles. The third-order valence-corrected chi connectivity index (χ3v) is 5.98. The van der Waals surface area contributed by atoms with Crippen molar-refractivity contribution >= 4 is 39.1 Å². The maximum atomic E-state index is 12.9. The number of halogens is 1. The number of morpholine rings is 1. The molecular formula is C19H20ClN3O2S. The molecule has 26 heavy (non-hydrogen) atoms. The minimum atomic E-state index is 0.0822. The van der Waals surface area contributed by atoms with Crippen molar-refractivity contribution in [2.24, 2.45) is 0 Å². The van der Waals surface area contributed by atoms with Crippen LogP contribution in [0.3, 0.4) is 0 Å². The maximum absolute atomic E-state index is 12.9. The number of hydrogen-bond acceptors (Lipinski definition) is 4. The number of benzene rings is 1. The first-order valence-corrected chi connectivity index (χ1v) is 9.83. The van der Waals surface area contributed by atoms with Crippen LogP contribution in [0.15, 0.2) is 30.3 Å². The lowest BCUT2D eigenvalue weighted by molar-refractivity contribution is -0.0122. The van der Waals surface area contributed by atoms with Crippen LogP contribution in [0.5, 0.6) is 0 Å². The molecule has 0 radical (unpaired) electrons. The molecule has 3 aromatic rings. The Morgan fingerprint density at radius 2 is 2.15 bits per heavy atom. The summed E-state index contributed by atoms with van der Waals surface area (Å²) in [7, 11) is 0. The molecule has 1 amide bonds. The standard InChI is InChI=1S/C19H20ClN3O2S/c1-12-10-22(7-8-25-12)18(24)17-9-16-13(2)21-23(19(16)26-17)11-14-3-5-15(20)6-4-14/h3-6,9,12H,7-8,10-11H2,1-2H3. The van der Waals surface area contributed by atoms with Crippen molar-refractivity contribution in [1.82, 2.24) is 14.7 Å². The molecule has 0 bridgehead atoms. The number of ether oxygens (including phenoxy) is 1. The van der Waals surface area contributed by atoms with Gasteiger partial charge in [-0.05, 0) is 37.6 Å². The number of carbonyl (C=O) groups is 1. The molecule has 5 nitrogen and oxygen atoms in total. The zero-order chi connectivity index (χ0) is 18.3. The lowest BCUT2D eigenvalue weighted by Gasteiger charge is -2.30. The quantitative estimate of drug-likeness (QED) is 0.681. The van der Waals surface area contributed by atoms with Crippen LogP contribution in [0.2, 0.25) is 5.02 Å². The molecule has 1 atom stereocenters. The predicted octanol–water partition coefficient (Wildman–Crippen LogP) is 3.97. The highest BCUT2D eigenvalue weighted by Gasteiger charge is 2.25. The second-order valence-corrected chi connectivity index (χ2v) is 8.10. The van der Waals surface area contributed by atoms with Gasteiger partial charge < -0.3 is 9.64 Å². The number of aromatic nitrogens is 2. The van der Waals surface area contributed by atoms with Gasteiger partial charge in [0.1, 0.15) is 4.83 Å². The summed E-state index contributed by atoms with van der Waals surface area (Å²) in [6.07, 6.45) is 0.0872. The van der Waals surface area contributed by atoms with E-state index in [2.05, 4.69) is 5.10 Å². The Bertz CT molecular complexity index is 948.